The molecule has 198 valence electrons. The SMILES string of the molecule is CCCC(c1ccc(C(=O)NCCC(=O)O)cc1)C(c1ccc(OC)cc1)c1c[nH]c2c(C)cc(C)cc12. The lowest BCUT2D eigenvalue weighted by Gasteiger charge is -2.29. The molecule has 0 saturated carbocycles. The molecule has 0 aliphatic heterocycles. The van der Waals surface area contributed by atoms with Gasteiger partial charge in [0.25, 0.3) is 5.91 Å². The topological polar surface area (TPSA) is 91.4 Å². The molecule has 2 unspecified atom stereocenters. The maximum absolute atomic E-state index is 12.5. The van der Waals surface area contributed by atoms with Gasteiger partial charge in [-0.2, -0.15) is 0 Å². The number of fused-ring (bicyclic) bond motifs is 1. The lowest BCUT2D eigenvalue weighted by molar-refractivity contribution is -0.136. The van der Waals surface area contributed by atoms with Gasteiger partial charge in [-0.05, 0) is 78.8 Å². The first-order valence-corrected chi connectivity index (χ1v) is 13.1. The van der Waals surface area contributed by atoms with E-state index in [1.165, 1.54) is 27.6 Å². The number of amides is 1. The smallest absolute Gasteiger partial charge is 0.305 e. The van der Waals surface area contributed by atoms with Crippen molar-refractivity contribution in [2.24, 2.45) is 0 Å². The van der Waals surface area contributed by atoms with Gasteiger partial charge in [0.05, 0.1) is 13.5 Å². The summed E-state index contributed by atoms with van der Waals surface area (Å²) in [6, 6.07) is 20.5. The van der Waals surface area contributed by atoms with Crippen LogP contribution in [0.25, 0.3) is 10.9 Å². The summed E-state index contributed by atoms with van der Waals surface area (Å²) < 4.78 is 5.43. The number of aromatic amines is 1. The number of rotatable bonds is 11. The minimum absolute atomic E-state index is 0.0889. The molecule has 0 aliphatic rings. The van der Waals surface area contributed by atoms with Crippen molar-refractivity contribution < 1.29 is 19.4 Å². The third-order valence-corrected chi connectivity index (χ3v) is 7.20. The molecule has 0 bridgehead atoms. The van der Waals surface area contributed by atoms with Crippen molar-refractivity contribution in [2.45, 2.75) is 51.9 Å². The molecule has 0 fully saturated rings. The van der Waals surface area contributed by atoms with Crippen LogP contribution in [0, 0.1) is 13.8 Å². The Morgan fingerprint density at radius 3 is 2.32 bits per heavy atom. The molecule has 0 radical (unpaired) electrons. The molecule has 38 heavy (non-hydrogen) atoms. The number of aromatic nitrogens is 1. The van der Waals surface area contributed by atoms with Crippen LogP contribution in [0.5, 0.6) is 5.75 Å². The maximum Gasteiger partial charge on any atom is 0.305 e. The monoisotopic (exact) mass is 512 g/mol. The van der Waals surface area contributed by atoms with Gasteiger partial charge in [0.1, 0.15) is 5.75 Å². The Kier molecular flexibility index (Phi) is 8.52. The van der Waals surface area contributed by atoms with Crippen LogP contribution in [0.15, 0.2) is 66.9 Å². The quantitative estimate of drug-likeness (QED) is 0.208. The van der Waals surface area contributed by atoms with Gasteiger partial charge in [-0.3, -0.25) is 9.59 Å². The van der Waals surface area contributed by atoms with Gasteiger partial charge in [-0.15, -0.1) is 0 Å². The number of methoxy groups -OCH3 is 1. The highest BCUT2D eigenvalue weighted by molar-refractivity contribution is 5.94. The number of carbonyl (C=O) groups is 2. The molecule has 3 aromatic carbocycles. The number of aliphatic carboxylic acids is 1. The van der Waals surface area contributed by atoms with E-state index in [9.17, 15) is 9.59 Å². The summed E-state index contributed by atoms with van der Waals surface area (Å²) >= 11 is 0. The third-order valence-electron chi connectivity index (χ3n) is 7.20. The Morgan fingerprint density at radius 1 is 1.00 bits per heavy atom. The van der Waals surface area contributed by atoms with Crippen molar-refractivity contribution in [2.75, 3.05) is 13.7 Å². The number of ether oxygens (including phenoxy) is 1. The van der Waals surface area contributed by atoms with Gasteiger partial charge in [0.15, 0.2) is 0 Å². The molecule has 3 N–H and O–H groups in total. The number of H-pyrrole nitrogens is 1. The second-order valence-corrected chi connectivity index (χ2v) is 9.92. The number of benzene rings is 3. The minimum Gasteiger partial charge on any atom is -0.497 e. The number of carboxylic acid groups (broad SMARTS) is 1. The Balaban J connectivity index is 1.76. The molecular weight excluding hydrogens is 476 g/mol. The Morgan fingerprint density at radius 2 is 1.68 bits per heavy atom. The van der Waals surface area contributed by atoms with E-state index in [0.717, 1.165) is 29.7 Å². The fourth-order valence-corrected chi connectivity index (χ4v) is 5.42. The minimum atomic E-state index is -0.935. The highest BCUT2D eigenvalue weighted by Gasteiger charge is 2.29. The van der Waals surface area contributed by atoms with Crippen molar-refractivity contribution in [1.82, 2.24) is 10.3 Å². The predicted molar refractivity (Wildman–Crippen MR) is 151 cm³/mol. The van der Waals surface area contributed by atoms with Gasteiger partial charge in [-0.1, -0.05) is 49.2 Å². The van der Waals surface area contributed by atoms with Crippen LogP contribution >= 0.6 is 0 Å². The lowest BCUT2D eigenvalue weighted by Crippen LogP contribution is -2.26. The van der Waals surface area contributed by atoms with Gasteiger partial charge in [0, 0.05) is 35.1 Å². The van der Waals surface area contributed by atoms with Gasteiger partial charge >= 0.3 is 5.97 Å². The molecule has 0 spiro atoms. The number of nitrogens with one attached hydrogen (secondary N) is 2. The number of carboxylic acids is 1. The Labute approximate surface area is 224 Å². The molecule has 4 rings (SSSR count). The van der Waals surface area contributed by atoms with Gasteiger partial charge < -0.3 is 20.1 Å². The van der Waals surface area contributed by atoms with E-state index >= 15 is 0 Å². The van der Waals surface area contributed by atoms with Crippen molar-refractivity contribution in [1.29, 1.82) is 0 Å². The average Bonchev–Trinajstić information content (AvgIpc) is 3.32. The lowest BCUT2D eigenvalue weighted by atomic mass is 9.75. The summed E-state index contributed by atoms with van der Waals surface area (Å²) in [7, 11) is 1.68. The van der Waals surface area contributed by atoms with Crippen LogP contribution in [0.1, 0.15) is 76.2 Å². The summed E-state index contributed by atoms with van der Waals surface area (Å²) in [5.41, 5.74) is 7.76. The number of hydrogen-bond donors (Lipinski definition) is 3. The van der Waals surface area contributed by atoms with Gasteiger partial charge in [-0.25, -0.2) is 0 Å². The predicted octanol–water partition coefficient (Wildman–Crippen LogP) is 6.71. The zero-order chi connectivity index (χ0) is 27.2. The van der Waals surface area contributed by atoms with Crippen LogP contribution < -0.4 is 10.1 Å². The summed E-state index contributed by atoms with van der Waals surface area (Å²) in [6.45, 7) is 6.58. The van der Waals surface area contributed by atoms with E-state index in [1.807, 2.05) is 36.4 Å². The summed E-state index contributed by atoms with van der Waals surface area (Å²) in [5.74, 6) is -0.110. The Bertz CT molecular complexity index is 1400. The average molecular weight is 513 g/mol. The van der Waals surface area contributed by atoms with E-state index in [-0.39, 0.29) is 30.7 Å². The van der Waals surface area contributed by atoms with Crippen molar-refractivity contribution in [3.8, 4) is 5.75 Å². The van der Waals surface area contributed by atoms with E-state index in [2.05, 4.69) is 61.5 Å². The standard InChI is InChI=1S/C32H36N2O4/c1-5-6-26(22-7-9-24(10-8-22)32(37)33-16-15-29(35)36)30(23-11-13-25(38-4)14-12-23)28-19-34-31-21(3)17-20(2)18-27(28)31/h7-14,17-19,26,30,34H,5-6,15-16H2,1-4H3,(H,33,37)(H,35,36). The van der Waals surface area contributed by atoms with Crippen molar-refractivity contribution in [3.05, 3.63) is 100 Å². The van der Waals surface area contributed by atoms with E-state index < -0.39 is 5.97 Å². The van der Waals surface area contributed by atoms with Gasteiger partial charge in [0.2, 0.25) is 0 Å². The van der Waals surface area contributed by atoms with Crippen LogP contribution in [0.3, 0.4) is 0 Å². The normalized spacial score (nSPS) is 12.7. The molecule has 1 amide bonds. The molecule has 1 aromatic heterocycles. The molecule has 0 saturated heterocycles. The Hall–Kier alpha value is -4.06. The molecular formula is C32H36N2O4. The summed E-state index contributed by atoms with van der Waals surface area (Å²) in [6.07, 6.45) is 4.03. The second kappa shape index (κ2) is 12.0. The fraction of sp³-hybridized carbons (Fsp3) is 0.312. The summed E-state index contributed by atoms with van der Waals surface area (Å²) in [5, 5.41) is 12.8. The van der Waals surface area contributed by atoms with E-state index in [0.29, 0.717) is 5.56 Å². The number of hydrogen-bond acceptors (Lipinski definition) is 3. The van der Waals surface area contributed by atoms with E-state index in [4.69, 9.17) is 9.84 Å². The maximum atomic E-state index is 12.5. The van der Waals surface area contributed by atoms with Crippen LogP contribution in [0.2, 0.25) is 0 Å². The summed E-state index contributed by atoms with van der Waals surface area (Å²) in [4.78, 5) is 26.8. The second-order valence-electron chi connectivity index (χ2n) is 9.92. The van der Waals surface area contributed by atoms with Crippen LogP contribution in [0.4, 0.5) is 0 Å². The van der Waals surface area contributed by atoms with Crippen LogP contribution in [-0.4, -0.2) is 35.6 Å². The zero-order valence-corrected chi connectivity index (χ0v) is 22.5. The first-order valence-electron chi connectivity index (χ1n) is 13.1. The highest BCUT2D eigenvalue weighted by Crippen LogP contribution is 2.44. The molecule has 6 heteroatoms. The highest BCUT2D eigenvalue weighted by atomic mass is 16.5. The molecule has 0 aliphatic carbocycles. The van der Waals surface area contributed by atoms with Crippen LogP contribution in [-0.2, 0) is 4.79 Å². The molecule has 2 atom stereocenters. The molecule has 4 aromatic rings. The number of carbonyl (C=O) groups excluding carboxylic acids is 1. The molecule has 1 heterocycles. The fourth-order valence-electron chi connectivity index (χ4n) is 5.42. The molecule has 6 nitrogen and oxygen atoms in total. The van der Waals surface area contributed by atoms with Crippen molar-refractivity contribution in [3.63, 3.8) is 0 Å². The number of aryl methyl sites for hydroxylation is 2. The largest absolute Gasteiger partial charge is 0.497 e. The first-order chi connectivity index (χ1) is 18.3. The third kappa shape index (κ3) is 5.91. The first kappa shape index (κ1) is 27.0. The van der Waals surface area contributed by atoms with E-state index in [1.54, 1.807) is 7.11 Å². The van der Waals surface area contributed by atoms with Crippen molar-refractivity contribution >= 4 is 22.8 Å². The zero-order valence-electron chi connectivity index (χ0n) is 22.5.